The first kappa shape index (κ1) is 10.2. The van der Waals surface area contributed by atoms with Gasteiger partial charge in [0.15, 0.2) is 0 Å². The van der Waals surface area contributed by atoms with Gasteiger partial charge in [0.1, 0.15) is 0 Å². The molecule has 0 aliphatic rings. The van der Waals surface area contributed by atoms with Crippen molar-refractivity contribution in [1.29, 1.82) is 0 Å². The number of benzene rings is 1. The van der Waals surface area contributed by atoms with Crippen molar-refractivity contribution in [1.82, 2.24) is 0 Å². The summed E-state index contributed by atoms with van der Waals surface area (Å²) in [6, 6.07) is 9.47. The average Bonchev–Trinajstić information content (AvgIpc) is 2.05. The molecule has 3 heteroatoms. The van der Waals surface area contributed by atoms with Crippen molar-refractivity contribution in [2.24, 2.45) is 0 Å². The number of hydrogen-bond acceptors (Lipinski definition) is 2. The predicted octanol–water partition coefficient (Wildman–Crippen LogP) is 1.27. The molecular weight excluding hydrogens is 192 g/mol. The fourth-order valence-electron chi connectivity index (χ4n) is 0.641. The zero-order chi connectivity index (χ0) is 7.40. The van der Waals surface area contributed by atoms with Gasteiger partial charge in [-0.15, -0.1) is 0 Å². The molecule has 0 bridgehead atoms. The zero-order valence-electron chi connectivity index (χ0n) is 5.93. The molecule has 11 heavy (non-hydrogen) atoms. The summed E-state index contributed by atoms with van der Waals surface area (Å²) in [7, 11) is 1.36. The standard InChI is InChI=1S/C8H7O2.Cu/c1-10-8(9)7-5-3-2-4-6-7;/h3-6H,1H3;/q-1;+1. The number of hydrogen-bond donors (Lipinski definition) is 0. The quantitative estimate of drug-likeness (QED) is 0.386. The van der Waals surface area contributed by atoms with Gasteiger partial charge in [-0.3, -0.25) is 0 Å². The van der Waals surface area contributed by atoms with Crippen molar-refractivity contribution in [3.8, 4) is 0 Å². The zero-order valence-corrected chi connectivity index (χ0v) is 6.87. The van der Waals surface area contributed by atoms with Gasteiger partial charge in [0.25, 0.3) is 0 Å². The van der Waals surface area contributed by atoms with Crippen LogP contribution >= 0.6 is 0 Å². The summed E-state index contributed by atoms with van der Waals surface area (Å²) in [5, 5.41) is 0. The van der Waals surface area contributed by atoms with Crippen LogP contribution in [-0.2, 0) is 21.8 Å². The van der Waals surface area contributed by atoms with Crippen molar-refractivity contribution in [3.63, 3.8) is 0 Å². The second-order valence-corrected chi connectivity index (χ2v) is 1.78. The van der Waals surface area contributed by atoms with E-state index in [1.807, 2.05) is 0 Å². The Morgan fingerprint density at radius 3 is 2.45 bits per heavy atom. The SMILES string of the molecule is COC(=O)c1cc[c-]cc1.[Cu+]. The van der Waals surface area contributed by atoms with Crippen LogP contribution in [0, 0.1) is 6.07 Å². The van der Waals surface area contributed by atoms with Crippen LogP contribution < -0.4 is 0 Å². The van der Waals surface area contributed by atoms with Gasteiger partial charge in [0.2, 0.25) is 0 Å². The number of carbonyl (C=O) groups is 1. The summed E-state index contributed by atoms with van der Waals surface area (Å²) in [6.45, 7) is 0. The Kier molecular flexibility index (Phi) is 4.58. The smallest absolute Gasteiger partial charge is 0.467 e. The average molecular weight is 199 g/mol. The molecule has 1 aromatic rings. The van der Waals surface area contributed by atoms with Crippen molar-refractivity contribution in [2.75, 3.05) is 7.11 Å². The van der Waals surface area contributed by atoms with Crippen molar-refractivity contribution in [2.45, 2.75) is 0 Å². The molecule has 0 spiro atoms. The Morgan fingerprint density at radius 2 is 2.00 bits per heavy atom. The van der Waals surface area contributed by atoms with Gasteiger partial charge >= 0.3 is 23.0 Å². The molecule has 0 radical (unpaired) electrons. The summed E-state index contributed by atoms with van der Waals surface area (Å²) in [5.74, 6) is -0.311. The molecule has 1 aromatic carbocycles. The molecule has 0 saturated carbocycles. The van der Waals surface area contributed by atoms with Crippen LogP contribution in [0.3, 0.4) is 0 Å². The van der Waals surface area contributed by atoms with Crippen LogP contribution in [0.5, 0.6) is 0 Å². The van der Waals surface area contributed by atoms with E-state index >= 15 is 0 Å². The van der Waals surface area contributed by atoms with Crippen molar-refractivity contribution < 1.29 is 26.6 Å². The van der Waals surface area contributed by atoms with Crippen molar-refractivity contribution in [3.05, 3.63) is 35.9 Å². The van der Waals surface area contributed by atoms with E-state index in [9.17, 15) is 4.79 Å². The third kappa shape index (κ3) is 2.74. The van der Waals surface area contributed by atoms with Crippen LogP contribution in [0.25, 0.3) is 0 Å². The molecule has 1 rings (SSSR count). The topological polar surface area (TPSA) is 26.3 Å². The maximum atomic E-state index is 10.8. The normalized spacial score (nSPS) is 8.09. The molecule has 0 aliphatic heterocycles. The number of rotatable bonds is 1. The number of methoxy groups -OCH3 is 1. The van der Waals surface area contributed by atoms with Crippen molar-refractivity contribution >= 4 is 5.97 Å². The van der Waals surface area contributed by atoms with E-state index in [-0.39, 0.29) is 23.0 Å². The summed E-state index contributed by atoms with van der Waals surface area (Å²) < 4.78 is 4.48. The van der Waals surface area contributed by atoms with Gasteiger partial charge in [0.05, 0.1) is 7.11 Å². The van der Waals surface area contributed by atoms with Gasteiger partial charge in [-0.2, -0.15) is 30.3 Å². The maximum Gasteiger partial charge on any atom is 1.00 e. The summed E-state index contributed by atoms with van der Waals surface area (Å²) in [4.78, 5) is 10.8. The summed E-state index contributed by atoms with van der Waals surface area (Å²) >= 11 is 0. The number of carbonyl (C=O) groups excluding carboxylic acids is 1. The molecule has 2 nitrogen and oxygen atoms in total. The first-order valence-corrected chi connectivity index (χ1v) is 2.89. The fraction of sp³-hybridized carbons (Fsp3) is 0.125. The Hall–Kier alpha value is -0.791. The predicted molar refractivity (Wildman–Crippen MR) is 36.6 cm³/mol. The number of ether oxygens (including phenoxy) is 1. The molecule has 62 valence electrons. The minimum absolute atomic E-state index is 0. The molecule has 0 heterocycles. The molecule has 0 aliphatic carbocycles. The Morgan fingerprint density at radius 1 is 1.45 bits per heavy atom. The van der Waals surface area contributed by atoms with Crippen LogP contribution in [0.4, 0.5) is 0 Å². The Bertz CT molecular complexity index is 221. The third-order valence-electron chi connectivity index (χ3n) is 1.14. The van der Waals surface area contributed by atoms with E-state index in [0.717, 1.165) is 0 Å². The minimum Gasteiger partial charge on any atom is -0.467 e. The van der Waals surface area contributed by atoms with Gasteiger partial charge in [0, 0.05) is 0 Å². The molecular formula is C8H7CuO2. The van der Waals surface area contributed by atoms with Gasteiger partial charge in [-0.25, -0.2) is 4.79 Å². The van der Waals surface area contributed by atoms with Gasteiger partial charge < -0.3 is 4.74 Å². The molecule has 0 saturated heterocycles. The molecule has 0 aromatic heterocycles. The number of esters is 1. The summed E-state index contributed by atoms with van der Waals surface area (Å²) in [6.07, 6.45) is 0. The van der Waals surface area contributed by atoms with Crippen LogP contribution in [0.15, 0.2) is 24.3 Å². The first-order chi connectivity index (χ1) is 4.84. The van der Waals surface area contributed by atoms with Gasteiger partial charge in [-0.1, -0.05) is 0 Å². The minimum atomic E-state index is -0.311. The van der Waals surface area contributed by atoms with E-state index in [1.165, 1.54) is 7.11 Å². The second kappa shape index (κ2) is 4.94. The molecule has 0 unspecified atom stereocenters. The van der Waals surface area contributed by atoms with Crippen LogP contribution in [0.2, 0.25) is 0 Å². The molecule has 0 atom stereocenters. The molecule has 0 amide bonds. The van der Waals surface area contributed by atoms with E-state index in [2.05, 4.69) is 10.8 Å². The first-order valence-electron chi connectivity index (χ1n) is 2.89. The van der Waals surface area contributed by atoms with E-state index in [0.29, 0.717) is 5.56 Å². The summed E-state index contributed by atoms with van der Waals surface area (Å²) in [5.41, 5.74) is 0.557. The van der Waals surface area contributed by atoms with E-state index < -0.39 is 0 Å². The van der Waals surface area contributed by atoms with E-state index in [1.54, 1.807) is 24.3 Å². The van der Waals surface area contributed by atoms with Crippen LogP contribution in [-0.4, -0.2) is 13.1 Å². The largest absolute Gasteiger partial charge is 1.00 e. The Labute approximate surface area is 76.0 Å². The van der Waals surface area contributed by atoms with Crippen LogP contribution in [0.1, 0.15) is 10.4 Å². The van der Waals surface area contributed by atoms with E-state index in [4.69, 9.17) is 0 Å². The van der Waals surface area contributed by atoms with Gasteiger partial charge in [-0.05, 0) is 5.56 Å². The monoisotopic (exact) mass is 198 g/mol. The maximum absolute atomic E-state index is 10.8. The molecule has 0 N–H and O–H groups in total. The Balaban J connectivity index is 0.000001000. The third-order valence-corrected chi connectivity index (χ3v) is 1.14. The molecule has 0 fully saturated rings. The fourth-order valence-corrected chi connectivity index (χ4v) is 0.641. The second-order valence-electron chi connectivity index (χ2n) is 1.78.